The van der Waals surface area contributed by atoms with E-state index in [4.69, 9.17) is 10.1 Å². The van der Waals surface area contributed by atoms with Crippen molar-refractivity contribution in [3.8, 4) is 11.3 Å². The monoisotopic (exact) mass is 460 g/mol. The van der Waals surface area contributed by atoms with Gasteiger partial charge in [0.2, 0.25) is 10.1 Å². The second-order valence-corrected chi connectivity index (χ2v) is 10.8. The van der Waals surface area contributed by atoms with Gasteiger partial charge in [0.15, 0.2) is 5.82 Å². The first-order valence-corrected chi connectivity index (χ1v) is 12.4. The van der Waals surface area contributed by atoms with E-state index in [1.54, 1.807) is 11.3 Å². The SMILES string of the molecule is Cc1ccccc1CN1CCN(c2nn3c(NC(C)(C)C)c(-c4ccccc4)nc3s2)CC1. The third kappa shape index (κ3) is 4.75. The van der Waals surface area contributed by atoms with E-state index < -0.39 is 0 Å². The van der Waals surface area contributed by atoms with Gasteiger partial charge in [0.25, 0.3) is 0 Å². The van der Waals surface area contributed by atoms with Crippen molar-refractivity contribution in [2.24, 2.45) is 0 Å². The molecular weight excluding hydrogens is 428 g/mol. The third-order valence-electron chi connectivity index (χ3n) is 6.03. The van der Waals surface area contributed by atoms with Crippen molar-refractivity contribution < 1.29 is 0 Å². The fourth-order valence-corrected chi connectivity index (χ4v) is 5.21. The van der Waals surface area contributed by atoms with Crippen LogP contribution in [0.3, 0.4) is 0 Å². The first kappa shape index (κ1) is 21.9. The van der Waals surface area contributed by atoms with Crippen molar-refractivity contribution >= 4 is 27.2 Å². The second-order valence-electron chi connectivity index (χ2n) is 9.82. The lowest BCUT2D eigenvalue weighted by Gasteiger charge is -2.34. The predicted molar refractivity (Wildman–Crippen MR) is 138 cm³/mol. The Kier molecular flexibility index (Phi) is 5.85. The average molecular weight is 461 g/mol. The van der Waals surface area contributed by atoms with Crippen LogP contribution in [0, 0.1) is 6.92 Å². The van der Waals surface area contributed by atoms with E-state index >= 15 is 0 Å². The minimum Gasteiger partial charge on any atom is -0.364 e. The summed E-state index contributed by atoms with van der Waals surface area (Å²) in [6, 6.07) is 19.0. The maximum absolute atomic E-state index is 5.01. The number of nitrogens with one attached hydrogen (secondary N) is 1. The lowest BCUT2D eigenvalue weighted by molar-refractivity contribution is 0.249. The van der Waals surface area contributed by atoms with Crippen molar-refractivity contribution in [1.82, 2.24) is 19.5 Å². The number of imidazole rings is 1. The molecule has 1 N–H and O–H groups in total. The molecule has 2 aromatic carbocycles. The number of aromatic nitrogens is 3. The smallest absolute Gasteiger partial charge is 0.216 e. The molecule has 0 aliphatic carbocycles. The molecule has 1 aliphatic rings. The molecule has 33 heavy (non-hydrogen) atoms. The Bertz CT molecular complexity index is 1230. The topological polar surface area (TPSA) is 48.7 Å². The highest BCUT2D eigenvalue weighted by Gasteiger charge is 2.25. The molecule has 4 aromatic rings. The molecule has 1 fully saturated rings. The summed E-state index contributed by atoms with van der Waals surface area (Å²) in [7, 11) is 0. The van der Waals surface area contributed by atoms with Gasteiger partial charge in [-0.2, -0.15) is 4.52 Å². The largest absolute Gasteiger partial charge is 0.364 e. The van der Waals surface area contributed by atoms with Gasteiger partial charge < -0.3 is 10.2 Å². The molecule has 0 amide bonds. The van der Waals surface area contributed by atoms with Gasteiger partial charge in [-0.25, -0.2) is 4.98 Å². The maximum atomic E-state index is 5.01. The maximum Gasteiger partial charge on any atom is 0.216 e. The molecule has 1 saturated heterocycles. The van der Waals surface area contributed by atoms with Crippen molar-refractivity contribution in [2.45, 2.75) is 39.8 Å². The second kappa shape index (κ2) is 8.80. The van der Waals surface area contributed by atoms with Crippen LogP contribution in [-0.4, -0.2) is 51.2 Å². The summed E-state index contributed by atoms with van der Waals surface area (Å²) >= 11 is 1.68. The van der Waals surface area contributed by atoms with E-state index in [-0.39, 0.29) is 5.54 Å². The van der Waals surface area contributed by atoms with Crippen LogP contribution in [-0.2, 0) is 6.54 Å². The van der Waals surface area contributed by atoms with Crippen LogP contribution in [0.5, 0.6) is 0 Å². The molecule has 0 spiro atoms. The zero-order valence-electron chi connectivity index (χ0n) is 19.9. The van der Waals surface area contributed by atoms with E-state index in [1.165, 1.54) is 11.1 Å². The fraction of sp³-hybridized carbons (Fsp3) is 0.385. The number of rotatable bonds is 5. The number of aryl methyl sites for hydroxylation is 1. The average Bonchev–Trinajstić information content (AvgIpc) is 3.35. The molecule has 0 atom stereocenters. The predicted octanol–water partition coefficient (Wildman–Crippen LogP) is 5.30. The standard InChI is InChI=1S/C26H32N6S/c1-19-10-8-9-13-21(19)18-30-14-16-31(17-15-30)25-29-32-23(28-26(2,3)4)22(27-24(32)33-25)20-11-6-5-7-12-20/h5-13,28H,14-18H2,1-4H3. The molecule has 6 nitrogen and oxygen atoms in total. The molecule has 3 heterocycles. The van der Waals surface area contributed by atoms with Crippen LogP contribution in [0.15, 0.2) is 54.6 Å². The third-order valence-corrected chi connectivity index (χ3v) is 7.00. The number of benzene rings is 2. The molecule has 0 bridgehead atoms. The summed E-state index contributed by atoms with van der Waals surface area (Å²) in [5.74, 6) is 0.962. The molecule has 0 unspecified atom stereocenters. The summed E-state index contributed by atoms with van der Waals surface area (Å²) in [6.45, 7) is 13.8. The van der Waals surface area contributed by atoms with Crippen LogP contribution in [0.2, 0.25) is 0 Å². The highest BCUT2D eigenvalue weighted by molar-refractivity contribution is 7.20. The van der Waals surface area contributed by atoms with Crippen molar-refractivity contribution in [3.05, 3.63) is 65.7 Å². The van der Waals surface area contributed by atoms with Gasteiger partial charge in [0.1, 0.15) is 5.69 Å². The molecular formula is C26H32N6S. The molecule has 7 heteroatoms. The Hall–Kier alpha value is -2.90. The summed E-state index contributed by atoms with van der Waals surface area (Å²) in [6.07, 6.45) is 0. The summed E-state index contributed by atoms with van der Waals surface area (Å²) < 4.78 is 1.99. The Morgan fingerprint density at radius 1 is 0.939 bits per heavy atom. The van der Waals surface area contributed by atoms with E-state index in [0.29, 0.717) is 0 Å². The highest BCUT2D eigenvalue weighted by Crippen LogP contribution is 2.35. The van der Waals surface area contributed by atoms with Gasteiger partial charge >= 0.3 is 0 Å². The van der Waals surface area contributed by atoms with E-state index in [2.05, 4.69) is 91.3 Å². The van der Waals surface area contributed by atoms with Gasteiger partial charge in [-0.3, -0.25) is 4.90 Å². The van der Waals surface area contributed by atoms with E-state index in [0.717, 1.165) is 59.9 Å². The van der Waals surface area contributed by atoms with Gasteiger partial charge in [-0.1, -0.05) is 65.9 Å². The van der Waals surface area contributed by atoms with Gasteiger partial charge in [-0.05, 0) is 38.8 Å². The molecule has 5 rings (SSSR count). The van der Waals surface area contributed by atoms with Crippen LogP contribution in [0.4, 0.5) is 10.9 Å². The zero-order chi connectivity index (χ0) is 23.0. The Labute approximate surface area is 199 Å². The Morgan fingerprint density at radius 2 is 1.64 bits per heavy atom. The first-order chi connectivity index (χ1) is 15.9. The molecule has 2 aromatic heterocycles. The van der Waals surface area contributed by atoms with E-state index in [1.807, 2.05) is 10.6 Å². The lowest BCUT2D eigenvalue weighted by atomic mass is 10.1. The van der Waals surface area contributed by atoms with Crippen molar-refractivity contribution in [1.29, 1.82) is 0 Å². The number of hydrogen-bond acceptors (Lipinski definition) is 6. The first-order valence-electron chi connectivity index (χ1n) is 11.6. The van der Waals surface area contributed by atoms with Crippen molar-refractivity contribution in [3.63, 3.8) is 0 Å². The van der Waals surface area contributed by atoms with Crippen LogP contribution >= 0.6 is 11.3 Å². The molecule has 1 aliphatic heterocycles. The molecule has 0 saturated carbocycles. The number of fused-ring (bicyclic) bond motifs is 1. The quantitative estimate of drug-likeness (QED) is 0.438. The van der Waals surface area contributed by atoms with Crippen LogP contribution < -0.4 is 10.2 Å². The van der Waals surface area contributed by atoms with E-state index in [9.17, 15) is 0 Å². The zero-order valence-corrected chi connectivity index (χ0v) is 20.7. The van der Waals surface area contributed by atoms with Gasteiger partial charge in [0, 0.05) is 43.8 Å². The summed E-state index contributed by atoms with van der Waals surface area (Å²) in [5.41, 5.74) is 4.76. The summed E-state index contributed by atoms with van der Waals surface area (Å²) in [4.78, 5) is 10.9. The van der Waals surface area contributed by atoms with Crippen molar-refractivity contribution in [2.75, 3.05) is 36.4 Å². The minimum absolute atomic E-state index is 0.0928. The van der Waals surface area contributed by atoms with Gasteiger partial charge in [0.05, 0.1) is 0 Å². The van der Waals surface area contributed by atoms with Gasteiger partial charge in [-0.15, -0.1) is 5.10 Å². The molecule has 172 valence electrons. The van der Waals surface area contributed by atoms with Crippen LogP contribution in [0.1, 0.15) is 31.9 Å². The Balaban J connectivity index is 1.36. The summed E-state index contributed by atoms with van der Waals surface area (Å²) in [5, 5.41) is 9.70. The lowest BCUT2D eigenvalue weighted by Crippen LogP contribution is -2.46. The number of hydrogen-bond donors (Lipinski definition) is 1. The Morgan fingerprint density at radius 3 is 2.33 bits per heavy atom. The van der Waals surface area contributed by atoms with Crippen LogP contribution in [0.25, 0.3) is 16.2 Å². The number of nitrogens with zero attached hydrogens (tertiary/aromatic N) is 5. The fourth-order valence-electron chi connectivity index (χ4n) is 4.26. The number of piperazine rings is 1. The molecule has 0 radical (unpaired) electrons. The highest BCUT2D eigenvalue weighted by atomic mass is 32.1. The minimum atomic E-state index is -0.0928. The normalized spacial score (nSPS) is 15.3. The number of anilines is 2.